The Labute approximate surface area is 142 Å². The lowest BCUT2D eigenvalue weighted by molar-refractivity contribution is -0.133. The normalized spacial score (nSPS) is 19.3. The van der Waals surface area contributed by atoms with E-state index in [1.54, 1.807) is 11.8 Å². The van der Waals surface area contributed by atoms with Gasteiger partial charge in [0.25, 0.3) is 0 Å². The van der Waals surface area contributed by atoms with Crippen molar-refractivity contribution in [2.45, 2.75) is 42.4 Å². The Morgan fingerprint density at radius 1 is 1.04 bits per heavy atom. The SMILES string of the molecule is CC1CCCCN1C(=O)C(Sc1ccccc1)c1ccccc1. The molecule has 3 rings (SSSR count). The summed E-state index contributed by atoms with van der Waals surface area (Å²) in [7, 11) is 0. The van der Waals surface area contributed by atoms with Gasteiger partial charge in [-0.3, -0.25) is 4.79 Å². The Morgan fingerprint density at radius 3 is 2.35 bits per heavy atom. The minimum Gasteiger partial charge on any atom is -0.339 e. The van der Waals surface area contributed by atoms with Crippen LogP contribution < -0.4 is 0 Å². The second kappa shape index (κ2) is 7.69. The number of rotatable bonds is 4. The second-order valence-corrected chi connectivity index (χ2v) is 7.28. The molecule has 2 nitrogen and oxygen atoms in total. The van der Waals surface area contributed by atoms with E-state index in [2.05, 4.69) is 36.1 Å². The highest BCUT2D eigenvalue weighted by atomic mass is 32.2. The molecule has 1 saturated heterocycles. The predicted molar refractivity (Wildman–Crippen MR) is 96.5 cm³/mol. The number of likely N-dealkylation sites (tertiary alicyclic amines) is 1. The van der Waals surface area contributed by atoms with Gasteiger partial charge in [0.15, 0.2) is 0 Å². The predicted octanol–water partition coefficient (Wildman–Crippen LogP) is 4.92. The van der Waals surface area contributed by atoms with E-state index in [-0.39, 0.29) is 11.2 Å². The molecule has 0 bridgehead atoms. The number of carbonyl (C=O) groups excluding carboxylic acids is 1. The van der Waals surface area contributed by atoms with E-state index in [1.807, 2.05) is 36.4 Å². The van der Waals surface area contributed by atoms with Crippen LogP contribution in [-0.4, -0.2) is 23.4 Å². The maximum Gasteiger partial charge on any atom is 0.240 e. The summed E-state index contributed by atoms with van der Waals surface area (Å²) in [5.41, 5.74) is 1.09. The van der Waals surface area contributed by atoms with Crippen molar-refractivity contribution in [1.29, 1.82) is 0 Å². The highest BCUT2D eigenvalue weighted by Gasteiger charge is 2.31. The third-order valence-corrected chi connectivity index (χ3v) is 5.66. The summed E-state index contributed by atoms with van der Waals surface area (Å²) in [5, 5.41) is -0.167. The van der Waals surface area contributed by atoms with Crippen molar-refractivity contribution >= 4 is 17.7 Å². The Bertz CT molecular complexity index is 629. The van der Waals surface area contributed by atoms with Crippen molar-refractivity contribution in [3.05, 3.63) is 66.2 Å². The van der Waals surface area contributed by atoms with Crippen LogP contribution in [0.1, 0.15) is 37.0 Å². The fourth-order valence-corrected chi connectivity index (χ4v) is 4.22. The Hall–Kier alpha value is -1.74. The smallest absolute Gasteiger partial charge is 0.240 e. The minimum absolute atomic E-state index is 0.167. The van der Waals surface area contributed by atoms with Crippen molar-refractivity contribution in [1.82, 2.24) is 4.90 Å². The van der Waals surface area contributed by atoms with Gasteiger partial charge in [-0.05, 0) is 43.9 Å². The van der Waals surface area contributed by atoms with Crippen LogP contribution in [0, 0.1) is 0 Å². The van der Waals surface area contributed by atoms with Gasteiger partial charge in [0.2, 0.25) is 5.91 Å². The summed E-state index contributed by atoms with van der Waals surface area (Å²) in [4.78, 5) is 16.4. The molecule has 0 saturated carbocycles. The van der Waals surface area contributed by atoms with Gasteiger partial charge in [-0.1, -0.05) is 48.5 Å². The molecule has 2 aromatic rings. The topological polar surface area (TPSA) is 20.3 Å². The summed E-state index contributed by atoms with van der Waals surface area (Å²) >= 11 is 1.65. The molecule has 0 N–H and O–H groups in total. The molecule has 0 aliphatic carbocycles. The van der Waals surface area contributed by atoms with E-state index < -0.39 is 0 Å². The maximum absolute atomic E-state index is 13.2. The zero-order valence-corrected chi connectivity index (χ0v) is 14.3. The molecular formula is C20H23NOS. The second-order valence-electron chi connectivity index (χ2n) is 6.10. The number of carbonyl (C=O) groups is 1. The molecule has 0 spiro atoms. The molecule has 3 heteroatoms. The first-order valence-corrected chi connectivity index (χ1v) is 9.21. The quantitative estimate of drug-likeness (QED) is 0.744. The Morgan fingerprint density at radius 2 is 1.70 bits per heavy atom. The average molecular weight is 325 g/mol. The maximum atomic E-state index is 13.2. The zero-order valence-electron chi connectivity index (χ0n) is 13.5. The van der Waals surface area contributed by atoms with Crippen molar-refractivity contribution in [3.8, 4) is 0 Å². The highest BCUT2D eigenvalue weighted by molar-refractivity contribution is 8.00. The fourth-order valence-electron chi connectivity index (χ4n) is 3.10. The van der Waals surface area contributed by atoms with Crippen molar-refractivity contribution < 1.29 is 4.79 Å². The molecule has 1 heterocycles. The lowest BCUT2D eigenvalue weighted by Crippen LogP contribution is -2.43. The standard InChI is InChI=1S/C20H23NOS/c1-16-10-8-9-15-21(16)20(22)19(17-11-4-2-5-12-17)23-18-13-6-3-7-14-18/h2-7,11-14,16,19H,8-10,15H2,1H3. The van der Waals surface area contributed by atoms with E-state index in [0.29, 0.717) is 6.04 Å². The summed E-state index contributed by atoms with van der Waals surface area (Å²) in [6, 6.07) is 20.7. The first kappa shape index (κ1) is 16.1. The molecule has 0 aromatic heterocycles. The van der Waals surface area contributed by atoms with Gasteiger partial charge in [0, 0.05) is 17.5 Å². The Balaban J connectivity index is 1.87. The van der Waals surface area contributed by atoms with E-state index in [1.165, 1.54) is 6.42 Å². The summed E-state index contributed by atoms with van der Waals surface area (Å²) < 4.78 is 0. The van der Waals surface area contributed by atoms with Gasteiger partial charge < -0.3 is 4.90 Å². The molecule has 2 aromatic carbocycles. The largest absolute Gasteiger partial charge is 0.339 e. The van der Waals surface area contributed by atoms with Gasteiger partial charge in [0.05, 0.1) is 0 Å². The lowest BCUT2D eigenvalue weighted by Gasteiger charge is -2.36. The highest BCUT2D eigenvalue weighted by Crippen LogP contribution is 2.37. The van der Waals surface area contributed by atoms with E-state index in [4.69, 9.17) is 0 Å². The molecule has 2 unspecified atom stereocenters. The van der Waals surface area contributed by atoms with Gasteiger partial charge in [-0.15, -0.1) is 11.8 Å². The van der Waals surface area contributed by atoms with Crippen LogP contribution in [0.15, 0.2) is 65.6 Å². The zero-order chi connectivity index (χ0) is 16.1. The third kappa shape index (κ3) is 3.97. The Kier molecular flexibility index (Phi) is 5.39. The van der Waals surface area contributed by atoms with Gasteiger partial charge in [-0.2, -0.15) is 0 Å². The monoisotopic (exact) mass is 325 g/mol. The molecular weight excluding hydrogens is 302 g/mol. The van der Waals surface area contributed by atoms with Gasteiger partial charge in [-0.25, -0.2) is 0 Å². The third-order valence-electron chi connectivity index (χ3n) is 4.41. The molecule has 1 amide bonds. The molecule has 23 heavy (non-hydrogen) atoms. The number of hydrogen-bond donors (Lipinski definition) is 0. The first-order chi connectivity index (χ1) is 11.3. The summed E-state index contributed by atoms with van der Waals surface area (Å²) in [6.45, 7) is 3.06. The number of hydrogen-bond acceptors (Lipinski definition) is 2. The molecule has 0 radical (unpaired) electrons. The van der Waals surface area contributed by atoms with Crippen molar-refractivity contribution in [2.24, 2.45) is 0 Å². The van der Waals surface area contributed by atoms with Crippen LogP contribution in [0.3, 0.4) is 0 Å². The van der Waals surface area contributed by atoms with E-state index >= 15 is 0 Å². The average Bonchev–Trinajstić information content (AvgIpc) is 2.61. The number of amides is 1. The number of thioether (sulfide) groups is 1. The number of piperidine rings is 1. The minimum atomic E-state index is -0.167. The molecule has 1 aliphatic heterocycles. The van der Waals surface area contributed by atoms with Crippen LogP contribution in [0.5, 0.6) is 0 Å². The van der Waals surface area contributed by atoms with Gasteiger partial charge >= 0.3 is 0 Å². The van der Waals surface area contributed by atoms with Gasteiger partial charge in [0.1, 0.15) is 5.25 Å². The van der Waals surface area contributed by atoms with Crippen molar-refractivity contribution in [3.63, 3.8) is 0 Å². The lowest BCUT2D eigenvalue weighted by atomic mass is 10.0. The fraction of sp³-hybridized carbons (Fsp3) is 0.350. The molecule has 120 valence electrons. The van der Waals surface area contributed by atoms with Crippen LogP contribution in [0.25, 0.3) is 0 Å². The van der Waals surface area contributed by atoms with Crippen LogP contribution in [0.4, 0.5) is 0 Å². The summed E-state index contributed by atoms with van der Waals surface area (Å²) in [5.74, 6) is 0.247. The first-order valence-electron chi connectivity index (χ1n) is 8.33. The number of nitrogens with zero attached hydrogens (tertiary/aromatic N) is 1. The summed E-state index contributed by atoms with van der Waals surface area (Å²) in [6.07, 6.45) is 3.46. The van der Waals surface area contributed by atoms with Crippen LogP contribution in [-0.2, 0) is 4.79 Å². The van der Waals surface area contributed by atoms with E-state index in [9.17, 15) is 4.79 Å². The molecule has 1 fully saturated rings. The van der Waals surface area contributed by atoms with Crippen LogP contribution in [0.2, 0.25) is 0 Å². The van der Waals surface area contributed by atoms with Crippen molar-refractivity contribution in [2.75, 3.05) is 6.54 Å². The molecule has 1 aliphatic rings. The van der Waals surface area contributed by atoms with Crippen LogP contribution >= 0.6 is 11.8 Å². The number of benzene rings is 2. The molecule has 2 atom stereocenters. The van der Waals surface area contributed by atoms with E-state index in [0.717, 1.165) is 29.8 Å².